The normalized spacial score (nSPS) is 19.4. The number of halogens is 3. The van der Waals surface area contributed by atoms with Gasteiger partial charge in [0.15, 0.2) is 11.5 Å². The van der Waals surface area contributed by atoms with E-state index in [1.165, 1.54) is 17.7 Å². The number of carbonyl (C=O) groups excluding carboxylic acids is 2. The van der Waals surface area contributed by atoms with Gasteiger partial charge in [-0.2, -0.15) is 18.2 Å². The molecule has 3 heterocycles. The van der Waals surface area contributed by atoms with Gasteiger partial charge >= 0.3 is 6.18 Å². The van der Waals surface area contributed by atoms with Gasteiger partial charge in [-0.05, 0) is 67.5 Å². The molecule has 0 aliphatic carbocycles. The first-order valence-electron chi connectivity index (χ1n) is 14.4. The molecule has 2 saturated heterocycles. The molecule has 4 N–H and O–H groups in total. The fraction of sp³-hybridized carbons (Fsp3) is 0.433. The quantitative estimate of drug-likeness (QED) is 0.334. The van der Waals surface area contributed by atoms with E-state index >= 15 is 0 Å². The van der Waals surface area contributed by atoms with Crippen molar-refractivity contribution < 1.29 is 22.8 Å². The van der Waals surface area contributed by atoms with Gasteiger partial charge in [-0.25, -0.2) is 0 Å². The molecule has 228 valence electrons. The molecule has 3 aromatic rings. The smallest absolute Gasteiger partial charge is 0.374 e. The lowest BCUT2D eigenvalue weighted by molar-refractivity contribution is -0.137. The number of piperidine rings is 2. The molecular weight excluding hydrogens is 561 g/mol. The zero-order chi connectivity index (χ0) is 30.7. The third-order valence-electron chi connectivity index (χ3n) is 7.87. The van der Waals surface area contributed by atoms with Crippen LogP contribution in [0.4, 0.5) is 36.3 Å². The van der Waals surface area contributed by atoms with Gasteiger partial charge in [0, 0.05) is 37.1 Å². The summed E-state index contributed by atoms with van der Waals surface area (Å²) in [4.78, 5) is 33.9. The molecule has 2 aromatic carbocycles. The van der Waals surface area contributed by atoms with Gasteiger partial charge in [0.1, 0.15) is 6.04 Å². The summed E-state index contributed by atoms with van der Waals surface area (Å²) >= 11 is 0. The minimum atomic E-state index is -4.47. The molecule has 2 aliphatic heterocycles. The van der Waals surface area contributed by atoms with Gasteiger partial charge < -0.3 is 26.2 Å². The predicted molar refractivity (Wildman–Crippen MR) is 157 cm³/mol. The number of primary amides is 1. The van der Waals surface area contributed by atoms with Crippen LogP contribution in [0.25, 0.3) is 0 Å². The van der Waals surface area contributed by atoms with Crippen molar-refractivity contribution in [3.05, 3.63) is 65.4 Å². The summed E-state index contributed by atoms with van der Waals surface area (Å²) in [5.74, 6) is -0.0446. The Kier molecular flexibility index (Phi) is 8.69. The molecule has 0 bridgehead atoms. The molecule has 0 spiro atoms. The molecule has 2 fully saturated rings. The maximum Gasteiger partial charge on any atom is 0.416 e. The van der Waals surface area contributed by atoms with E-state index in [1.54, 1.807) is 0 Å². The first-order valence-corrected chi connectivity index (χ1v) is 14.4. The van der Waals surface area contributed by atoms with Crippen molar-refractivity contribution >= 4 is 35.0 Å². The first-order chi connectivity index (χ1) is 20.5. The zero-order valence-electron chi connectivity index (χ0n) is 24.1. The van der Waals surface area contributed by atoms with Crippen LogP contribution in [0.2, 0.25) is 0 Å². The lowest BCUT2D eigenvalue weighted by Crippen LogP contribution is -2.56. The monoisotopic (exact) mass is 596 g/mol. The Hall–Kier alpha value is -4.42. The SMILES string of the molecule is CC(C)c1ccc(Nc2nc(N3CCC[C@@H](N4CCC[C@@H](Nc5cccc(C(F)(F)F)c5)C4=O)C3)nnc2C(N)=O)cc1. The van der Waals surface area contributed by atoms with Crippen LogP contribution in [0, 0.1) is 0 Å². The van der Waals surface area contributed by atoms with Gasteiger partial charge in [-0.1, -0.05) is 32.0 Å². The highest BCUT2D eigenvalue weighted by Crippen LogP contribution is 2.32. The van der Waals surface area contributed by atoms with E-state index < -0.39 is 23.7 Å². The first kappa shape index (κ1) is 30.1. The van der Waals surface area contributed by atoms with Crippen molar-refractivity contribution in [2.24, 2.45) is 5.73 Å². The minimum Gasteiger partial charge on any atom is -0.374 e. The molecule has 10 nitrogen and oxygen atoms in total. The second kappa shape index (κ2) is 12.4. The van der Waals surface area contributed by atoms with Gasteiger partial charge in [0.2, 0.25) is 11.9 Å². The van der Waals surface area contributed by atoms with Crippen LogP contribution in [0.15, 0.2) is 48.5 Å². The lowest BCUT2D eigenvalue weighted by Gasteiger charge is -2.43. The summed E-state index contributed by atoms with van der Waals surface area (Å²) in [7, 11) is 0. The van der Waals surface area contributed by atoms with E-state index in [4.69, 9.17) is 5.73 Å². The number of likely N-dealkylation sites (tertiary alicyclic amines) is 1. The van der Waals surface area contributed by atoms with E-state index in [9.17, 15) is 22.8 Å². The number of hydrogen-bond donors (Lipinski definition) is 3. The number of nitrogens with two attached hydrogens (primary N) is 1. The van der Waals surface area contributed by atoms with Crippen molar-refractivity contribution in [1.29, 1.82) is 0 Å². The van der Waals surface area contributed by atoms with Gasteiger partial charge in [-0.15, -0.1) is 10.2 Å². The molecule has 1 aromatic heterocycles. The summed E-state index contributed by atoms with van der Waals surface area (Å²) in [5, 5.41) is 14.4. The molecule has 2 aliphatic rings. The lowest BCUT2D eigenvalue weighted by atomic mass is 9.97. The van der Waals surface area contributed by atoms with Crippen molar-refractivity contribution in [2.45, 2.75) is 63.7 Å². The Labute approximate surface area is 247 Å². The van der Waals surface area contributed by atoms with E-state index in [0.717, 1.165) is 25.0 Å². The third kappa shape index (κ3) is 6.98. The van der Waals surface area contributed by atoms with Crippen LogP contribution in [0.5, 0.6) is 0 Å². The average molecular weight is 597 g/mol. The standard InChI is InChI=1S/C30H35F3N8O2/c1-18(2)19-10-12-21(13-11-19)36-27-25(26(34)42)38-39-29(37-27)40-14-4-8-23(17-40)41-15-5-9-24(28(41)43)35-22-7-3-6-20(16-22)30(31,32)33/h3,6-7,10-13,16,18,23-24,35H,4-5,8-9,14-15,17H2,1-2H3,(H2,34,42)(H,36,37,39)/t23-,24-/m1/s1. The number of nitrogens with one attached hydrogen (secondary N) is 2. The van der Waals surface area contributed by atoms with Crippen LogP contribution in [-0.4, -0.2) is 63.6 Å². The number of anilines is 4. The van der Waals surface area contributed by atoms with Crippen LogP contribution >= 0.6 is 0 Å². The van der Waals surface area contributed by atoms with Crippen molar-refractivity contribution in [1.82, 2.24) is 20.1 Å². The highest BCUT2D eigenvalue weighted by atomic mass is 19.4. The Morgan fingerprint density at radius 3 is 2.47 bits per heavy atom. The van der Waals surface area contributed by atoms with Crippen LogP contribution in [-0.2, 0) is 11.0 Å². The number of rotatable bonds is 8. The van der Waals surface area contributed by atoms with Crippen LogP contribution in [0.1, 0.15) is 67.1 Å². The number of hydrogen-bond acceptors (Lipinski definition) is 8. The fourth-order valence-corrected chi connectivity index (χ4v) is 5.57. The van der Waals surface area contributed by atoms with Crippen molar-refractivity contribution in [3.8, 4) is 0 Å². The highest BCUT2D eigenvalue weighted by molar-refractivity contribution is 5.96. The topological polar surface area (TPSA) is 129 Å². The zero-order valence-corrected chi connectivity index (χ0v) is 24.1. The number of nitrogens with zero attached hydrogens (tertiary/aromatic N) is 5. The maximum absolute atomic E-state index is 13.5. The minimum absolute atomic E-state index is 0.0834. The molecule has 5 rings (SSSR count). The van der Waals surface area contributed by atoms with E-state index in [-0.39, 0.29) is 29.1 Å². The number of benzene rings is 2. The number of aromatic nitrogens is 3. The molecule has 2 atom stereocenters. The molecule has 0 saturated carbocycles. The number of amides is 2. The second-order valence-electron chi connectivity index (χ2n) is 11.3. The van der Waals surface area contributed by atoms with E-state index in [0.29, 0.717) is 50.0 Å². The van der Waals surface area contributed by atoms with E-state index in [2.05, 4.69) is 39.7 Å². The predicted octanol–water partition coefficient (Wildman–Crippen LogP) is 4.93. The Morgan fingerprint density at radius 1 is 1.02 bits per heavy atom. The largest absolute Gasteiger partial charge is 0.416 e. The van der Waals surface area contributed by atoms with Gasteiger partial charge in [0.05, 0.1) is 5.56 Å². The molecule has 0 unspecified atom stereocenters. The van der Waals surface area contributed by atoms with Crippen molar-refractivity contribution in [2.75, 3.05) is 35.2 Å². The number of alkyl halides is 3. The fourth-order valence-electron chi connectivity index (χ4n) is 5.57. The summed E-state index contributed by atoms with van der Waals surface area (Å²) in [6.07, 6.45) is -1.70. The van der Waals surface area contributed by atoms with Gasteiger partial charge in [0.25, 0.3) is 5.91 Å². The molecule has 2 amide bonds. The second-order valence-corrected chi connectivity index (χ2v) is 11.3. The Bertz CT molecular complexity index is 1460. The summed E-state index contributed by atoms with van der Waals surface area (Å²) < 4.78 is 39.6. The van der Waals surface area contributed by atoms with Crippen LogP contribution in [0.3, 0.4) is 0 Å². The molecule has 0 radical (unpaired) electrons. The third-order valence-corrected chi connectivity index (χ3v) is 7.87. The average Bonchev–Trinajstić information content (AvgIpc) is 2.98. The summed E-state index contributed by atoms with van der Waals surface area (Å²) in [6, 6.07) is 11.9. The Balaban J connectivity index is 1.30. The molecule has 43 heavy (non-hydrogen) atoms. The van der Waals surface area contributed by atoms with E-state index in [1.807, 2.05) is 34.1 Å². The Morgan fingerprint density at radius 2 is 1.77 bits per heavy atom. The van der Waals surface area contributed by atoms with Crippen molar-refractivity contribution in [3.63, 3.8) is 0 Å². The molecule has 13 heteroatoms. The van der Waals surface area contributed by atoms with Gasteiger partial charge in [-0.3, -0.25) is 9.59 Å². The van der Waals surface area contributed by atoms with Crippen LogP contribution < -0.4 is 21.3 Å². The summed E-state index contributed by atoms with van der Waals surface area (Å²) in [6.45, 7) is 5.83. The highest BCUT2D eigenvalue weighted by Gasteiger charge is 2.36. The maximum atomic E-state index is 13.5. The molecular formula is C30H35F3N8O2. The number of carbonyl (C=O) groups is 2. The summed E-state index contributed by atoms with van der Waals surface area (Å²) in [5.41, 5.74) is 6.84.